The van der Waals surface area contributed by atoms with Crippen LogP contribution in [-0.2, 0) is 16.0 Å². The summed E-state index contributed by atoms with van der Waals surface area (Å²) < 4.78 is 5.77. The number of hydrogen-bond donors (Lipinski definition) is 3. The largest absolute Gasteiger partial charge is 0.494 e. The molecule has 1 aliphatic heterocycles. The number of rotatable bonds is 7. The van der Waals surface area contributed by atoms with E-state index in [0.29, 0.717) is 41.2 Å². The van der Waals surface area contributed by atoms with Crippen molar-refractivity contribution in [1.82, 2.24) is 15.3 Å². The Labute approximate surface area is 204 Å². The fourth-order valence-electron chi connectivity index (χ4n) is 4.93. The van der Waals surface area contributed by atoms with E-state index in [-0.39, 0.29) is 23.8 Å². The highest BCUT2D eigenvalue weighted by molar-refractivity contribution is 6.32. The van der Waals surface area contributed by atoms with Crippen LogP contribution in [0.15, 0.2) is 18.3 Å². The van der Waals surface area contributed by atoms with E-state index in [9.17, 15) is 9.59 Å². The summed E-state index contributed by atoms with van der Waals surface area (Å²) >= 11 is 6.38. The molecule has 10 heteroatoms. The van der Waals surface area contributed by atoms with Crippen molar-refractivity contribution in [2.45, 2.75) is 51.5 Å². The monoisotopic (exact) mass is 486 g/mol. The maximum atomic E-state index is 12.5. The number of nitrogens with one attached hydrogen (secondary N) is 3. The number of carbonyl (C=O) groups is 2. The van der Waals surface area contributed by atoms with Crippen molar-refractivity contribution in [3.63, 3.8) is 0 Å². The molecule has 9 nitrogen and oxygen atoms in total. The van der Waals surface area contributed by atoms with Crippen molar-refractivity contribution in [3.05, 3.63) is 28.9 Å². The second kappa shape index (κ2) is 10.5. The molecule has 0 radical (unpaired) electrons. The van der Waals surface area contributed by atoms with E-state index in [1.165, 1.54) is 6.20 Å². The Morgan fingerprint density at radius 2 is 2.09 bits per heavy atom. The predicted octanol–water partition coefficient (Wildman–Crippen LogP) is 3.90. The molecular formula is C24H31ClN6O3. The lowest BCUT2D eigenvalue weighted by molar-refractivity contribution is -0.124. The van der Waals surface area contributed by atoms with Crippen LogP contribution in [0.1, 0.15) is 44.6 Å². The van der Waals surface area contributed by atoms with Crippen molar-refractivity contribution in [1.29, 1.82) is 0 Å². The van der Waals surface area contributed by atoms with Crippen LogP contribution in [-0.4, -0.2) is 48.5 Å². The van der Waals surface area contributed by atoms with Crippen molar-refractivity contribution in [2.75, 3.05) is 36.2 Å². The van der Waals surface area contributed by atoms with Gasteiger partial charge in [0.2, 0.25) is 17.8 Å². The van der Waals surface area contributed by atoms with Crippen LogP contribution in [0.5, 0.6) is 5.75 Å². The van der Waals surface area contributed by atoms with Gasteiger partial charge in [-0.15, -0.1) is 0 Å². The van der Waals surface area contributed by atoms with Crippen LogP contribution in [0.3, 0.4) is 0 Å². The highest BCUT2D eigenvalue weighted by Gasteiger charge is 2.33. The third kappa shape index (κ3) is 4.75. The van der Waals surface area contributed by atoms with Gasteiger partial charge in [-0.05, 0) is 44.7 Å². The number of aromatic nitrogens is 2. The van der Waals surface area contributed by atoms with E-state index in [4.69, 9.17) is 16.3 Å². The summed E-state index contributed by atoms with van der Waals surface area (Å²) in [6.45, 7) is 2.58. The standard InChI is InChI=1S/C24H31ClN6O3/c1-4-31-19-12-11-18(21(34-3)15(19)8-6-10-20(31)32)29-24-27-13-16(25)22(30-24)28-17-9-5-7-14(17)23(33)26-2/h11-14,17H,4-10H2,1-3H3,(H,26,33)(H2,27,28,29,30). The average molecular weight is 487 g/mol. The molecule has 2 atom stereocenters. The fraction of sp³-hybridized carbons (Fsp3) is 0.500. The van der Waals surface area contributed by atoms with Crippen LogP contribution in [0.2, 0.25) is 5.02 Å². The van der Waals surface area contributed by atoms with Crippen LogP contribution in [0.25, 0.3) is 0 Å². The molecule has 2 aliphatic rings. The van der Waals surface area contributed by atoms with Gasteiger partial charge in [0.15, 0.2) is 5.82 Å². The van der Waals surface area contributed by atoms with Crippen molar-refractivity contribution in [3.8, 4) is 5.75 Å². The van der Waals surface area contributed by atoms with Crippen LogP contribution < -0.4 is 25.6 Å². The minimum absolute atomic E-state index is 0.0212. The molecule has 1 aromatic carbocycles. The number of hydrogen-bond acceptors (Lipinski definition) is 7. The Balaban J connectivity index is 1.60. The van der Waals surface area contributed by atoms with E-state index in [2.05, 4.69) is 25.9 Å². The molecule has 0 bridgehead atoms. The molecule has 1 aromatic heterocycles. The SMILES string of the molecule is CCN1C(=O)CCCc2c1ccc(Nc1ncc(Cl)c(NC3CCCC3C(=O)NC)n1)c2OC. The van der Waals surface area contributed by atoms with Gasteiger partial charge in [0.25, 0.3) is 0 Å². The Morgan fingerprint density at radius 1 is 1.26 bits per heavy atom. The summed E-state index contributed by atoms with van der Waals surface area (Å²) in [5.74, 6) is 1.54. The minimum atomic E-state index is -0.124. The summed E-state index contributed by atoms with van der Waals surface area (Å²) in [5, 5.41) is 9.72. The third-order valence-corrected chi connectivity index (χ3v) is 6.85. The van der Waals surface area contributed by atoms with Gasteiger partial charge in [-0.1, -0.05) is 18.0 Å². The lowest BCUT2D eigenvalue weighted by atomic mass is 10.0. The van der Waals surface area contributed by atoms with E-state index in [1.807, 2.05) is 19.1 Å². The predicted molar refractivity (Wildman–Crippen MR) is 133 cm³/mol. The van der Waals surface area contributed by atoms with Gasteiger partial charge in [-0.3, -0.25) is 9.59 Å². The van der Waals surface area contributed by atoms with Crippen LogP contribution in [0.4, 0.5) is 23.1 Å². The first-order chi connectivity index (χ1) is 16.5. The van der Waals surface area contributed by atoms with E-state index in [1.54, 1.807) is 19.1 Å². The Morgan fingerprint density at radius 3 is 2.82 bits per heavy atom. The van der Waals surface area contributed by atoms with Crippen LogP contribution in [0, 0.1) is 5.92 Å². The van der Waals surface area contributed by atoms with Gasteiger partial charge in [0.05, 0.1) is 30.6 Å². The number of fused-ring (bicyclic) bond motifs is 1. The molecule has 0 spiro atoms. The first-order valence-corrected chi connectivity index (χ1v) is 12.1. The zero-order valence-corrected chi connectivity index (χ0v) is 20.5. The van der Waals surface area contributed by atoms with Gasteiger partial charge < -0.3 is 25.6 Å². The maximum Gasteiger partial charge on any atom is 0.229 e. The highest BCUT2D eigenvalue weighted by Crippen LogP contribution is 2.40. The number of carbonyl (C=O) groups excluding carboxylic acids is 2. The number of ether oxygens (including phenoxy) is 1. The number of amides is 2. The van der Waals surface area contributed by atoms with Gasteiger partial charge in [0, 0.05) is 31.6 Å². The lowest BCUT2D eigenvalue weighted by Crippen LogP contribution is -2.36. The molecule has 1 fully saturated rings. The smallest absolute Gasteiger partial charge is 0.229 e. The maximum absolute atomic E-state index is 12.5. The quantitative estimate of drug-likeness (QED) is 0.544. The van der Waals surface area contributed by atoms with Crippen molar-refractivity contribution >= 4 is 46.6 Å². The third-order valence-electron chi connectivity index (χ3n) is 6.58. The molecule has 34 heavy (non-hydrogen) atoms. The molecule has 2 heterocycles. The Kier molecular flexibility index (Phi) is 7.41. The highest BCUT2D eigenvalue weighted by atomic mass is 35.5. The summed E-state index contributed by atoms with van der Waals surface area (Å²) in [5.41, 5.74) is 2.59. The number of anilines is 4. The molecule has 1 saturated carbocycles. The van der Waals surface area contributed by atoms with Gasteiger partial charge in [0.1, 0.15) is 10.8 Å². The number of halogens is 1. The van der Waals surface area contributed by atoms with Gasteiger partial charge >= 0.3 is 0 Å². The Bertz CT molecular complexity index is 1080. The number of methoxy groups -OCH3 is 1. The first-order valence-electron chi connectivity index (χ1n) is 11.7. The zero-order valence-electron chi connectivity index (χ0n) is 19.8. The van der Waals surface area contributed by atoms with Gasteiger partial charge in [-0.2, -0.15) is 4.98 Å². The fourth-order valence-corrected chi connectivity index (χ4v) is 5.08. The molecule has 0 saturated heterocycles. The molecular weight excluding hydrogens is 456 g/mol. The first kappa shape index (κ1) is 24.1. The second-order valence-corrected chi connectivity index (χ2v) is 8.96. The minimum Gasteiger partial charge on any atom is -0.494 e. The lowest BCUT2D eigenvalue weighted by Gasteiger charge is -2.24. The van der Waals surface area contributed by atoms with Crippen molar-refractivity contribution < 1.29 is 14.3 Å². The zero-order chi connectivity index (χ0) is 24.2. The van der Waals surface area contributed by atoms with Crippen molar-refractivity contribution in [2.24, 2.45) is 5.92 Å². The summed E-state index contributed by atoms with van der Waals surface area (Å²) in [6.07, 6.45) is 6.22. The Hall–Kier alpha value is -3.07. The second-order valence-electron chi connectivity index (χ2n) is 8.55. The summed E-state index contributed by atoms with van der Waals surface area (Å²) in [4.78, 5) is 35.4. The average Bonchev–Trinajstić information content (AvgIpc) is 3.23. The topological polar surface area (TPSA) is 108 Å². The van der Waals surface area contributed by atoms with Crippen LogP contribution >= 0.6 is 11.6 Å². The molecule has 182 valence electrons. The normalized spacial score (nSPS) is 19.9. The molecule has 3 N–H and O–H groups in total. The molecule has 2 unspecified atom stereocenters. The number of nitrogens with zero attached hydrogens (tertiary/aromatic N) is 3. The molecule has 1 aliphatic carbocycles. The summed E-state index contributed by atoms with van der Waals surface area (Å²) in [7, 11) is 3.28. The molecule has 2 aromatic rings. The van der Waals surface area contributed by atoms with E-state index >= 15 is 0 Å². The summed E-state index contributed by atoms with van der Waals surface area (Å²) in [6, 6.07) is 3.77. The van der Waals surface area contributed by atoms with E-state index < -0.39 is 0 Å². The molecule has 2 amide bonds. The number of benzene rings is 1. The van der Waals surface area contributed by atoms with E-state index in [0.717, 1.165) is 43.4 Å². The van der Waals surface area contributed by atoms with Gasteiger partial charge in [-0.25, -0.2) is 4.98 Å². The molecule has 4 rings (SSSR count).